The lowest BCUT2D eigenvalue weighted by atomic mass is 9.67. The first-order valence-electron chi connectivity index (χ1n) is 5.08. The van der Waals surface area contributed by atoms with Crippen molar-refractivity contribution in [2.45, 2.75) is 47.7 Å². The lowest BCUT2D eigenvalue weighted by Crippen LogP contribution is -2.43. The lowest BCUT2D eigenvalue weighted by molar-refractivity contribution is -0.239. The first kappa shape index (κ1) is 13.8. The molecule has 0 heterocycles. The summed E-state index contributed by atoms with van der Waals surface area (Å²) < 4.78 is 38.4. The normalized spacial score (nSPS) is 14.6. The van der Waals surface area contributed by atoms with Gasteiger partial charge in [-0.25, -0.2) is 0 Å². The second kappa shape index (κ2) is 4.11. The van der Waals surface area contributed by atoms with Gasteiger partial charge in [0.25, 0.3) is 0 Å². The van der Waals surface area contributed by atoms with Crippen LogP contribution in [0, 0.1) is 23.2 Å². The topological polar surface area (TPSA) is 0 Å². The van der Waals surface area contributed by atoms with Crippen LogP contribution in [0.5, 0.6) is 0 Å². The molecule has 86 valence electrons. The average molecular weight is 210 g/mol. The highest BCUT2D eigenvalue weighted by Gasteiger charge is 2.53. The number of halogens is 3. The number of alkyl halides is 3. The first-order chi connectivity index (χ1) is 6.01. The summed E-state index contributed by atoms with van der Waals surface area (Å²) in [4.78, 5) is 0. The molecule has 0 nitrogen and oxygen atoms in total. The Morgan fingerprint density at radius 2 is 1.07 bits per heavy atom. The molecular weight excluding hydrogens is 189 g/mol. The summed E-state index contributed by atoms with van der Waals surface area (Å²) >= 11 is 0. The van der Waals surface area contributed by atoms with Crippen molar-refractivity contribution in [3.63, 3.8) is 0 Å². The van der Waals surface area contributed by atoms with E-state index in [1.165, 1.54) is 13.8 Å². The fourth-order valence-corrected chi connectivity index (χ4v) is 2.63. The molecular formula is C11H21F3. The molecule has 14 heavy (non-hydrogen) atoms. The predicted molar refractivity (Wildman–Crippen MR) is 53.0 cm³/mol. The summed E-state index contributed by atoms with van der Waals surface area (Å²) in [6.45, 7) is 10.0. The van der Waals surface area contributed by atoms with E-state index in [9.17, 15) is 13.2 Å². The third-order valence-electron chi connectivity index (χ3n) is 3.00. The van der Waals surface area contributed by atoms with Crippen molar-refractivity contribution in [3.05, 3.63) is 0 Å². The van der Waals surface area contributed by atoms with E-state index >= 15 is 0 Å². The van der Waals surface area contributed by atoms with E-state index in [2.05, 4.69) is 0 Å². The Hall–Kier alpha value is -0.210. The van der Waals surface area contributed by atoms with Crippen LogP contribution in [0.3, 0.4) is 0 Å². The van der Waals surface area contributed by atoms with Gasteiger partial charge in [-0.15, -0.1) is 0 Å². The zero-order valence-electron chi connectivity index (χ0n) is 9.87. The molecule has 0 aliphatic rings. The molecule has 0 bridgehead atoms. The molecule has 0 radical (unpaired) electrons. The second-order valence-electron chi connectivity index (χ2n) is 5.23. The average Bonchev–Trinajstić information content (AvgIpc) is 1.79. The zero-order valence-corrected chi connectivity index (χ0v) is 9.87. The molecule has 0 aromatic carbocycles. The quantitative estimate of drug-likeness (QED) is 0.643. The molecule has 0 aromatic rings. The largest absolute Gasteiger partial charge is 0.394 e. The molecule has 0 aliphatic heterocycles. The van der Waals surface area contributed by atoms with Crippen molar-refractivity contribution in [2.24, 2.45) is 23.2 Å². The van der Waals surface area contributed by atoms with Gasteiger partial charge < -0.3 is 0 Å². The minimum absolute atomic E-state index is 0.0478. The van der Waals surface area contributed by atoms with Gasteiger partial charge in [0.05, 0.1) is 5.41 Å². The van der Waals surface area contributed by atoms with Gasteiger partial charge in [0.15, 0.2) is 0 Å². The Morgan fingerprint density at radius 1 is 0.786 bits per heavy atom. The summed E-state index contributed by atoms with van der Waals surface area (Å²) in [6.07, 6.45) is -4.12. The first-order valence-corrected chi connectivity index (χ1v) is 5.08. The molecule has 0 aliphatic carbocycles. The van der Waals surface area contributed by atoms with E-state index in [0.29, 0.717) is 0 Å². The van der Waals surface area contributed by atoms with Gasteiger partial charge in [-0.3, -0.25) is 0 Å². The summed E-state index contributed by atoms with van der Waals surface area (Å²) in [6, 6.07) is 0. The van der Waals surface area contributed by atoms with E-state index in [0.717, 1.165) is 0 Å². The summed E-state index contributed by atoms with van der Waals surface area (Å²) in [5.74, 6) is -0.235. The van der Waals surface area contributed by atoms with Gasteiger partial charge in [-0.2, -0.15) is 13.2 Å². The van der Waals surface area contributed by atoms with Crippen molar-refractivity contribution in [2.75, 3.05) is 0 Å². The maximum atomic E-state index is 12.8. The van der Waals surface area contributed by atoms with Crippen molar-refractivity contribution in [1.29, 1.82) is 0 Å². The van der Waals surface area contributed by atoms with Crippen LogP contribution in [0.15, 0.2) is 0 Å². The molecule has 0 fully saturated rings. The number of rotatable bonds is 3. The van der Waals surface area contributed by atoms with Gasteiger partial charge in [0.1, 0.15) is 0 Å². The maximum Gasteiger partial charge on any atom is 0.394 e. The van der Waals surface area contributed by atoms with E-state index in [4.69, 9.17) is 0 Å². The fraction of sp³-hybridized carbons (Fsp3) is 1.00. The van der Waals surface area contributed by atoms with Crippen LogP contribution in [-0.4, -0.2) is 6.18 Å². The summed E-state index contributed by atoms with van der Waals surface area (Å²) in [5, 5.41) is 0. The maximum absolute atomic E-state index is 12.8. The molecule has 0 spiro atoms. The van der Waals surface area contributed by atoms with Crippen LogP contribution in [0.1, 0.15) is 41.5 Å². The third-order valence-corrected chi connectivity index (χ3v) is 3.00. The highest BCUT2D eigenvalue weighted by Crippen LogP contribution is 2.49. The standard InChI is InChI=1S/C11H21F3/c1-7(2)9(8(3)4)10(5,6)11(12,13)14/h7-9H,1-6H3. The van der Waals surface area contributed by atoms with Crippen molar-refractivity contribution < 1.29 is 13.2 Å². The summed E-state index contributed by atoms with van der Waals surface area (Å²) in [7, 11) is 0. The molecule has 0 atom stereocenters. The Bertz CT molecular complexity index is 169. The molecule has 0 N–H and O–H groups in total. The van der Waals surface area contributed by atoms with E-state index in [1.54, 1.807) is 0 Å². The fourth-order valence-electron chi connectivity index (χ4n) is 2.63. The van der Waals surface area contributed by atoms with Crippen LogP contribution in [-0.2, 0) is 0 Å². The Balaban J connectivity index is 5.01. The Morgan fingerprint density at radius 3 is 1.14 bits per heavy atom. The van der Waals surface area contributed by atoms with E-state index in [1.807, 2.05) is 27.7 Å². The molecule has 0 rings (SSSR count). The zero-order chi connectivity index (χ0) is 11.7. The van der Waals surface area contributed by atoms with Crippen LogP contribution in [0.4, 0.5) is 13.2 Å². The van der Waals surface area contributed by atoms with Crippen LogP contribution in [0.25, 0.3) is 0 Å². The van der Waals surface area contributed by atoms with Gasteiger partial charge in [-0.1, -0.05) is 41.5 Å². The molecule has 0 saturated heterocycles. The van der Waals surface area contributed by atoms with Gasteiger partial charge in [0.2, 0.25) is 0 Å². The van der Waals surface area contributed by atoms with Gasteiger partial charge >= 0.3 is 6.18 Å². The Labute approximate surface area is 84.9 Å². The Kier molecular flexibility index (Phi) is 4.05. The van der Waals surface area contributed by atoms with E-state index in [-0.39, 0.29) is 17.8 Å². The highest BCUT2D eigenvalue weighted by atomic mass is 19.4. The molecule has 0 unspecified atom stereocenters. The third kappa shape index (κ3) is 2.64. The van der Waals surface area contributed by atoms with E-state index < -0.39 is 11.6 Å². The molecule has 3 heteroatoms. The molecule has 0 saturated carbocycles. The van der Waals surface area contributed by atoms with Gasteiger partial charge in [0, 0.05) is 0 Å². The van der Waals surface area contributed by atoms with Crippen LogP contribution in [0.2, 0.25) is 0 Å². The van der Waals surface area contributed by atoms with Crippen molar-refractivity contribution in [1.82, 2.24) is 0 Å². The molecule has 0 amide bonds. The number of hydrogen-bond acceptors (Lipinski definition) is 0. The molecule has 0 aromatic heterocycles. The predicted octanol–water partition coefficient (Wildman–Crippen LogP) is 4.50. The minimum atomic E-state index is -4.12. The lowest BCUT2D eigenvalue weighted by Gasteiger charge is -2.41. The van der Waals surface area contributed by atoms with Gasteiger partial charge in [-0.05, 0) is 17.8 Å². The van der Waals surface area contributed by atoms with Crippen molar-refractivity contribution >= 4 is 0 Å². The minimum Gasteiger partial charge on any atom is -0.171 e. The monoisotopic (exact) mass is 210 g/mol. The number of hydrogen-bond donors (Lipinski definition) is 0. The van der Waals surface area contributed by atoms with Crippen molar-refractivity contribution in [3.8, 4) is 0 Å². The van der Waals surface area contributed by atoms with Crippen LogP contribution >= 0.6 is 0 Å². The summed E-state index contributed by atoms with van der Waals surface area (Å²) in [5.41, 5.74) is -1.60. The second-order valence-corrected chi connectivity index (χ2v) is 5.23. The smallest absolute Gasteiger partial charge is 0.171 e. The highest BCUT2D eigenvalue weighted by molar-refractivity contribution is 4.88. The SMILES string of the molecule is CC(C)C(C(C)C)C(C)(C)C(F)(F)F. The van der Waals surface area contributed by atoms with Crippen LogP contribution < -0.4 is 0 Å².